The molecule has 1 atom stereocenters. The van der Waals surface area contributed by atoms with E-state index in [0.717, 1.165) is 23.8 Å². The van der Waals surface area contributed by atoms with Crippen LogP contribution in [0.25, 0.3) is 11.0 Å². The number of aromatic nitrogens is 2. The smallest absolute Gasteiger partial charge is 0.126 e. The minimum absolute atomic E-state index is 0.273. The van der Waals surface area contributed by atoms with Crippen LogP contribution in [-0.2, 0) is 7.05 Å². The number of imidazole rings is 1. The third-order valence-electron chi connectivity index (χ3n) is 6.16. The molecule has 1 fully saturated rings. The fourth-order valence-electron chi connectivity index (χ4n) is 3.78. The monoisotopic (exact) mass is 285 g/mol. The first-order valence-corrected chi connectivity index (χ1v) is 7.91. The number of para-hydroxylation sites is 2. The van der Waals surface area contributed by atoms with Crippen LogP contribution in [0.2, 0.25) is 0 Å². The van der Waals surface area contributed by atoms with Gasteiger partial charge in [0.2, 0.25) is 0 Å². The average Bonchev–Trinajstić information content (AvgIpc) is 2.71. The zero-order valence-corrected chi connectivity index (χ0v) is 14.1. The summed E-state index contributed by atoms with van der Waals surface area (Å²) in [6, 6.07) is 8.60. The summed E-state index contributed by atoms with van der Waals surface area (Å²) < 4.78 is 2.20. The van der Waals surface area contributed by atoms with Crippen molar-refractivity contribution in [3.63, 3.8) is 0 Å². The standard InChI is InChI=1S/C18H27N3/c1-12(19-11-15-17(2,3)18(15,4)5)16-20-13-9-7-8-10-14(13)21(16)6/h7-10,12,15,19H,11H2,1-6H3. The molecule has 3 nitrogen and oxygen atoms in total. The SMILES string of the molecule is CC(NCC1C(C)(C)C1(C)C)c1nc2ccccc2n1C. The summed E-state index contributed by atoms with van der Waals surface area (Å²) in [5, 5.41) is 3.69. The maximum atomic E-state index is 4.78. The fourth-order valence-corrected chi connectivity index (χ4v) is 3.78. The first-order chi connectivity index (χ1) is 9.76. The van der Waals surface area contributed by atoms with Crippen molar-refractivity contribution in [2.75, 3.05) is 6.54 Å². The summed E-state index contributed by atoms with van der Waals surface area (Å²) in [6.07, 6.45) is 0. The molecule has 1 aliphatic rings. The van der Waals surface area contributed by atoms with E-state index in [1.165, 1.54) is 5.52 Å². The maximum absolute atomic E-state index is 4.78. The van der Waals surface area contributed by atoms with Crippen molar-refractivity contribution in [2.45, 2.75) is 40.7 Å². The van der Waals surface area contributed by atoms with Gasteiger partial charge in [-0.1, -0.05) is 39.8 Å². The molecule has 21 heavy (non-hydrogen) atoms. The van der Waals surface area contributed by atoms with Crippen LogP contribution in [0.5, 0.6) is 0 Å². The van der Waals surface area contributed by atoms with E-state index in [9.17, 15) is 0 Å². The number of aryl methyl sites for hydroxylation is 1. The number of hydrogen-bond acceptors (Lipinski definition) is 2. The van der Waals surface area contributed by atoms with Gasteiger partial charge >= 0.3 is 0 Å². The van der Waals surface area contributed by atoms with Gasteiger partial charge in [0.05, 0.1) is 17.1 Å². The van der Waals surface area contributed by atoms with Crippen molar-refractivity contribution in [2.24, 2.45) is 23.8 Å². The van der Waals surface area contributed by atoms with Crippen molar-refractivity contribution >= 4 is 11.0 Å². The lowest BCUT2D eigenvalue weighted by Crippen LogP contribution is -2.25. The summed E-state index contributed by atoms with van der Waals surface area (Å²) >= 11 is 0. The van der Waals surface area contributed by atoms with Gasteiger partial charge in [0.1, 0.15) is 5.82 Å². The van der Waals surface area contributed by atoms with Crippen molar-refractivity contribution in [3.05, 3.63) is 30.1 Å². The minimum atomic E-state index is 0.273. The lowest BCUT2D eigenvalue weighted by atomic mass is 10.0. The van der Waals surface area contributed by atoms with Crippen LogP contribution in [0.4, 0.5) is 0 Å². The van der Waals surface area contributed by atoms with Gasteiger partial charge in [-0.15, -0.1) is 0 Å². The first kappa shape index (κ1) is 14.6. The number of benzene rings is 1. The highest BCUT2D eigenvalue weighted by Crippen LogP contribution is 2.68. The second kappa shape index (κ2) is 4.57. The van der Waals surface area contributed by atoms with Crippen LogP contribution in [0, 0.1) is 16.7 Å². The van der Waals surface area contributed by atoms with Crippen molar-refractivity contribution in [3.8, 4) is 0 Å². The Morgan fingerprint density at radius 2 is 1.81 bits per heavy atom. The molecule has 1 unspecified atom stereocenters. The number of nitrogens with zero attached hydrogens (tertiary/aromatic N) is 2. The lowest BCUT2D eigenvalue weighted by Gasteiger charge is -2.14. The van der Waals surface area contributed by atoms with Crippen LogP contribution in [-0.4, -0.2) is 16.1 Å². The molecule has 3 heteroatoms. The van der Waals surface area contributed by atoms with Gasteiger partial charge in [-0.2, -0.15) is 0 Å². The van der Waals surface area contributed by atoms with E-state index < -0.39 is 0 Å². The lowest BCUT2D eigenvalue weighted by molar-refractivity contribution is 0.457. The molecule has 1 aliphatic carbocycles. The van der Waals surface area contributed by atoms with Gasteiger partial charge in [0, 0.05) is 7.05 Å². The Morgan fingerprint density at radius 1 is 1.19 bits per heavy atom. The molecular formula is C18H27N3. The van der Waals surface area contributed by atoms with Crippen LogP contribution >= 0.6 is 0 Å². The Hall–Kier alpha value is -1.35. The van der Waals surface area contributed by atoms with E-state index in [-0.39, 0.29) is 6.04 Å². The molecule has 1 N–H and O–H groups in total. The molecule has 0 radical (unpaired) electrons. The molecule has 1 heterocycles. The van der Waals surface area contributed by atoms with Crippen molar-refractivity contribution < 1.29 is 0 Å². The summed E-state index contributed by atoms with van der Waals surface area (Å²) in [7, 11) is 2.11. The van der Waals surface area contributed by atoms with E-state index in [0.29, 0.717) is 10.8 Å². The van der Waals surface area contributed by atoms with Gasteiger partial charge < -0.3 is 9.88 Å². The predicted octanol–water partition coefficient (Wildman–Crippen LogP) is 3.91. The maximum Gasteiger partial charge on any atom is 0.126 e. The van der Waals surface area contributed by atoms with Gasteiger partial charge in [-0.05, 0) is 42.3 Å². The van der Waals surface area contributed by atoms with E-state index in [2.05, 4.69) is 69.7 Å². The molecule has 1 aromatic carbocycles. The van der Waals surface area contributed by atoms with Gasteiger partial charge in [0.15, 0.2) is 0 Å². The summed E-state index contributed by atoms with van der Waals surface area (Å²) in [5.41, 5.74) is 3.15. The Kier molecular flexibility index (Phi) is 3.17. The van der Waals surface area contributed by atoms with Crippen LogP contribution in [0.1, 0.15) is 46.5 Å². The second-order valence-electron chi connectivity index (χ2n) is 7.64. The van der Waals surface area contributed by atoms with Crippen LogP contribution in [0.3, 0.4) is 0 Å². The third-order valence-corrected chi connectivity index (χ3v) is 6.16. The molecule has 2 aromatic rings. The molecule has 1 aromatic heterocycles. The minimum Gasteiger partial charge on any atom is -0.330 e. The molecule has 114 valence electrons. The fraction of sp³-hybridized carbons (Fsp3) is 0.611. The van der Waals surface area contributed by atoms with Gasteiger partial charge in [-0.25, -0.2) is 4.98 Å². The largest absolute Gasteiger partial charge is 0.330 e. The quantitative estimate of drug-likeness (QED) is 0.923. The first-order valence-electron chi connectivity index (χ1n) is 7.91. The number of rotatable bonds is 4. The molecular weight excluding hydrogens is 258 g/mol. The summed E-state index contributed by atoms with van der Waals surface area (Å²) in [4.78, 5) is 4.78. The Balaban J connectivity index is 1.73. The molecule has 1 saturated carbocycles. The topological polar surface area (TPSA) is 29.9 Å². The molecule has 0 aliphatic heterocycles. The third kappa shape index (κ3) is 2.10. The Morgan fingerprint density at radius 3 is 2.38 bits per heavy atom. The molecule has 0 bridgehead atoms. The Labute approximate surface area is 127 Å². The number of fused-ring (bicyclic) bond motifs is 1. The van der Waals surface area contributed by atoms with E-state index in [1.807, 2.05) is 6.07 Å². The molecule has 3 rings (SSSR count). The van der Waals surface area contributed by atoms with Gasteiger partial charge in [0.25, 0.3) is 0 Å². The number of hydrogen-bond donors (Lipinski definition) is 1. The zero-order valence-electron chi connectivity index (χ0n) is 14.1. The number of nitrogens with one attached hydrogen (secondary N) is 1. The van der Waals surface area contributed by atoms with Crippen LogP contribution in [0.15, 0.2) is 24.3 Å². The second-order valence-corrected chi connectivity index (χ2v) is 7.64. The summed E-state index contributed by atoms with van der Waals surface area (Å²) in [6.45, 7) is 12.8. The van der Waals surface area contributed by atoms with Crippen molar-refractivity contribution in [1.82, 2.24) is 14.9 Å². The zero-order chi connectivity index (χ0) is 15.4. The highest BCUT2D eigenvalue weighted by molar-refractivity contribution is 5.75. The van der Waals surface area contributed by atoms with Crippen LogP contribution < -0.4 is 5.32 Å². The van der Waals surface area contributed by atoms with E-state index >= 15 is 0 Å². The van der Waals surface area contributed by atoms with E-state index in [4.69, 9.17) is 4.98 Å². The predicted molar refractivity (Wildman–Crippen MR) is 88.2 cm³/mol. The molecule has 0 saturated heterocycles. The highest BCUT2D eigenvalue weighted by Gasteiger charge is 2.63. The Bertz CT molecular complexity index is 652. The van der Waals surface area contributed by atoms with Gasteiger partial charge in [-0.3, -0.25) is 0 Å². The highest BCUT2D eigenvalue weighted by atomic mass is 15.1. The van der Waals surface area contributed by atoms with E-state index in [1.54, 1.807) is 0 Å². The molecule has 0 spiro atoms. The normalized spacial score (nSPS) is 21.6. The molecule has 0 amide bonds. The van der Waals surface area contributed by atoms with Crippen molar-refractivity contribution in [1.29, 1.82) is 0 Å². The average molecular weight is 285 g/mol. The summed E-state index contributed by atoms with van der Waals surface area (Å²) in [5.74, 6) is 1.86.